The fourth-order valence-corrected chi connectivity index (χ4v) is 26.5. The van der Waals surface area contributed by atoms with Crippen LogP contribution in [-0.2, 0) is 184 Å². The van der Waals surface area contributed by atoms with Gasteiger partial charge >= 0.3 is 28.4 Å². The Labute approximate surface area is 849 Å². The molecule has 0 radical (unpaired) electrons. The first-order valence-electron chi connectivity index (χ1n) is 43.4. The highest BCUT2D eigenvalue weighted by Gasteiger charge is 2.49. The second kappa shape index (κ2) is 44.5. The van der Waals surface area contributed by atoms with Crippen molar-refractivity contribution in [3.63, 3.8) is 0 Å². The molecule has 0 aliphatic carbocycles. The summed E-state index contributed by atoms with van der Waals surface area (Å²) in [5.74, 6) is -0.543. The minimum atomic E-state index is -5.04. The third kappa shape index (κ3) is 26.3. The first-order valence-corrected chi connectivity index (χ1v) is 61.3. The number of aromatic nitrogens is 18. The summed E-state index contributed by atoms with van der Waals surface area (Å²) < 4.78 is 148. The normalized spacial score (nSPS) is 29.5. The summed E-state index contributed by atoms with van der Waals surface area (Å²) in [7, 11) is 1.01. The van der Waals surface area contributed by atoms with Crippen LogP contribution >= 0.6 is 47.1 Å². The van der Waals surface area contributed by atoms with Crippen LogP contribution in [0.2, 0.25) is 0 Å². The highest BCUT2D eigenvalue weighted by atomic mass is 32.7. The van der Waals surface area contributed by atoms with Crippen molar-refractivity contribution in [2.45, 2.75) is 222 Å². The summed E-state index contributed by atoms with van der Waals surface area (Å²) >= 11 is 37.9. The number of H-pyrrole nitrogens is 5. The molecule has 0 bridgehead atoms. The van der Waals surface area contributed by atoms with Crippen molar-refractivity contribution in [2.75, 3.05) is 64.0 Å². The Morgan fingerprint density at radius 2 is 0.655 bits per heavy atom. The van der Waals surface area contributed by atoms with Crippen molar-refractivity contribution in [1.29, 1.82) is 0 Å². The third-order valence-corrected chi connectivity index (χ3v) is 35.0. The summed E-state index contributed by atoms with van der Waals surface area (Å²) in [6, 6.07) is 0. The number of nitrogens with two attached hydrogens (primary N) is 3. The average molecular weight is 2300 g/mol. The Kier molecular flexibility index (Phi) is 34.1. The lowest BCUT2D eigenvalue weighted by Crippen LogP contribution is -2.35. The van der Waals surface area contributed by atoms with Crippen LogP contribution in [0.5, 0.6) is 0 Å². The van der Waals surface area contributed by atoms with Crippen molar-refractivity contribution in [3.8, 4) is 0 Å². The Morgan fingerprint density at radius 3 is 1.00 bits per heavy atom. The van der Waals surface area contributed by atoms with Gasteiger partial charge < -0.3 is 155 Å². The van der Waals surface area contributed by atoms with E-state index in [9.17, 15) is 77.0 Å². The number of aryl methyl sites for hydroxylation is 5. The number of aromatic amines is 5. The lowest BCUT2D eigenvalue weighted by atomic mass is 10.1. The van der Waals surface area contributed by atoms with Gasteiger partial charge in [0.25, 0.3) is 27.8 Å². The molecule has 9 aromatic rings. The number of imidazole rings is 2. The van der Waals surface area contributed by atoms with Gasteiger partial charge in [-0.15, -0.1) is 0 Å². The van der Waals surface area contributed by atoms with Crippen LogP contribution in [-0.4, -0.2) is 219 Å². The number of hydrogen-bond acceptors (Lipinski definition) is 54. The molecule has 59 nitrogen and oxygen atoms in total. The van der Waals surface area contributed by atoms with Gasteiger partial charge in [-0.25, -0.2) is 43.9 Å². The van der Waals surface area contributed by atoms with Gasteiger partial charge in [0.05, 0.1) is 101 Å². The minimum absolute atomic E-state index is 0.0125. The highest BCUT2D eigenvalue weighted by molar-refractivity contribution is 8.32. The van der Waals surface area contributed by atoms with Crippen molar-refractivity contribution >= 4 is 170 Å². The molecule has 73 heteroatoms. The number of anilines is 3. The molecule has 0 aromatic carbocycles. The van der Waals surface area contributed by atoms with E-state index in [-0.39, 0.29) is 99.8 Å². The monoisotopic (exact) mass is 2300 g/mol. The van der Waals surface area contributed by atoms with Crippen molar-refractivity contribution in [1.82, 2.24) is 86.8 Å². The second-order valence-electron chi connectivity index (χ2n) is 33.8. The van der Waals surface area contributed by atoms with Gasteiger partial charge in [0.2, 0.25) is 5.95 Å². The zero-order valence-corrected chi connectivity index (χ0v) is 88.2. The molecule has 14 unspecified atom stereocenters. The first kappa shape index (κ1) is 111. The third-order valence-electron chi connectivity index (χ3n) is 23.9. The van der Waals surface area contributed by atoms with Crippen LogP contribution in [0.3, 0.4) is 0 Å². The molecule has 16 rings (SSSR count). The molecule has 7 aliphatic heterocycles. The van der Waals surface area contributed by atoms with Crippen molar-refractivity contribution in [3.05, 3.63) is 182 Å². The van der Waals surface area contributed by atoms with E-state index in [4.69, 9.17) is 197 Å². The lowest BCUT2D eigenvalue weighted by Gasteiger charge is -2.36. The number of nitrogens with one attached hydrogen (secondary N) is 5. The molecule has 0 amide bonds. The van der Waals surface area contributed by atoms with E-state index in [1.807, 2.05) is 0 Å². The number of nitrogens with zero attached hydrogens (tertiary/aromatic N) is 13. The fraction of sp³-hybridized carbons (Fsp3) is 0.583. The molecule has 145 heavy (non-hydrogen) atoms. The van der Waals surface area contributed by atoms with Gasteiger partial charge in [0, 0.05) is 111 Å². The van der Waals surface area contributed by atoms with Crippen molar-refractivity contribution in [2.24, 2.45) is 0 Å². The number of nitrogen functional groups attached to an aromatic ring is 3. The van der Waals surface area contributed by atoms with E-state index >= 15 is 4.89 Å². The molecule has 794 valence electrons. The maximum Gasteiger partial charge on any atom is 0.351 e. The number of rotatable bonds is 41. The predicted molar refractivity (Wildman–Crippen MR) is 512 cm³/mol. The molecular weight excluding hydrogens is 2210 g/mol. The Bertz CT molecular complexity index is 7460. The number of fused-ring (bicyclic) bond motifs is 2. The molecule has 9 aromatic heterocycles. The molecule has 28 atom stereocenters. The van der Waals surface area contributed by atoms with E-state index in [1.54, 1.807) is 6.92 Å². The summed E-state index contributed by atoms with van der Waals surface area (Å²) in [4.78, 5) is 252. The van der Waals surface area contributed by atoms with E-state index in [0.717, 1.165) is 48.7 Å². The average Bonchev–Trinajstić information content (AvgIpc) is 1.62. The van der Waals surface area contributed by atoms with Gasteiger partial charge in [-0.05, 0) is 41.0 Å². The fourth-order valence-electron chi connectivity index (χ4n) is 16.7. The summed E-state index contributed by atoms with van der Waals surface area (Å²) in [5, 5.41) is 0. The molecule has 11 N–H and O–H groups in total. The van der Waals surface area contributed by atoms with Crippen LogP contribution in [0.25, 0.3) is 22.3 Å². The predicted octanol–water partition coefficient (Wildman–Crippen LogP) is -3.27. The van der Waals surface area contributed by atoms with Crippen LogP contribution in [0.15, 0.2) is 97.9 Å². The molecule has 0 saturated carbocycles. The van der Waals surface area contributed by atoms with Gasteiger partial charge in [0.15, 0.2) is 29.4 Å². The van der Waals surface area contributed by atoms with Crippen LogP contribution in [0.4, 0.5) is 17.6 Å². The second-order valence-corrected chi connectivity index (χ2v) is 52.9. The van der Waals surface area contributed by atoms with E-state index in [1.165, 1.54) is 75.0 Å². The molecule has 7 aliphatic rings. The summed E-state index contributed by atoms with van der Waals surface area (Å²) in [5.41, 5.74) is 10.4. The standard InChI is InChI=1S/C72H96N21O38P7S7/c1-8-35-36(9-49(118-35)88-17-31(3)62(94)83-69(88)100)126-133(105,140)112-26-48-42(15-55(124-48)93-29-79-57-61(93)81-67(75)82-66(57)98)131-138(110,145)116-24-46-40(13-53(122-46)91-20-34(6)65(97)86-72(91)103)129-136(108,143)117-25-47-41(14-54(123-47)92-28-78-56-59(74)76-27-77-60(56)92)130-137(109,144)115-22-44-38(11-50(120-44)87-16-30(2)58(73)80-68(87)99)127-135(107,142)114-23-45-39(12-52(121-45)90-19-33(5)64(96)85-71(90)102)128-134(106,141)113-21-43-37(125-132(104,139)111-7)10-51(119-43)89-18-32(4)63(95)84-70(89)101/h16-20,27-29,35-55H,8-15,21-26H2,1-7H3,(H,104,139)(H,105,140)(H,106,141)(H,107,142)(H,108,143)(H,109,144)(H,110,145)(H2,73,80,99)(H2,74,76,77)(H,83,94,100)(H,84,95,101)(H,85,96,102)(H,86,97,103)(H3,75,81,82,98)/p-7/t35-,36?,37?,38?,39?,40?,41?,42?,43-,44-,45-,46-,47-,48-,49-,50-,51-,52-,53-,54-,55-,132?,133?,134?,135?,136?,137?,138?/m1/s1. The topological polar surface area (TPSA) is 789 Å². The molecule has 0 spiro atoms. The maximum atomic E-state index is 15.0. The molecule has 16 heterocycles. The molecule has 7 fully saturated rings. The first-order chi connectivity index (χ1) is 68.2. The maximum absolute atomic E-state index is 15.0. The minimum Gasteiger partial charge on any atom is -0.780 e. The molecule has 7 saturated heterocycles. The molecular formula is C72H89N21O38P7S7-7. The van der Waals surface area contributed by atoms with Crippen LogP contribution in [0, 0.1) is 34.6 Å². The zero-order valence-electron chi connectivity index (χ0n) is 76.2. The SMILES string of the molecule is CC[C@H]1O[C@@H](n2cc(C)c(=O)[nH]c2=O)CC1OP([O-])(=S)OC[C@H]1O[C@@H](n2cnc3c(=O)[nH]c(N)nc32)CC1OP(=O)([S-])OC[C@H]1O[C@@H](n2cc(C)c(=O)[nH]c2=O)CC1OP([O-])(=S)OC[C@H]1O[C@@H](n2cnc3c(N)ncnc32)CC1OP([O-])(=S)OC[C@H]1O[C@@H](n2cc(C)c(N)nc2=O)CC1OP([O-])(=S)OC[C@H]1O[C@@H](n2cc(C)c(=O)[nH]c2=O)CC1OP([O-])(=S)OC[C@H]1O[C@@H](n2cc(C)c(=O)[nH]c2=O)CC1OP([O-])(=S)OC. The quantitative estimate of drug-likeness (QED) is 0.0138. The van der Waals surface area contributed by atoms with Gasteiger partial charge in [-0.3, -0.25) is 85.4 Å². The largest absolute Gasteiger partial charge is 0.780 e. The van der Waals surface area contributed by atoms with Gasteiger partial charge in [-0.1, -0.05) is 77.8 Å². The Morgan fingerprint density at radius 1 is 0.366 bits per heavy atom. The zero-order chi connectivity index (χ0) is 105. The summed E-state index contributed by atoms with van der Waals surface area (Å²) in [6.07, 6.45) is -21.8. The highest BCUT2D eigenvalue weighted by Crippen LogP contribution is 2.57. The smallest absolute Gasteiger partial charge is 0.351 e. The van der Waals surface area contributed by atoms with Crippen molar-refractivity contribution < 1.29 is 130 Å². The van der Waals surface area contributed by atoms with E-state index in [0.29, 0.717) is 0 Å². The Hall–Kier alpha value is -6.70. The summed E-state index contributed by atoms with van der Waals surface area (Å²) in [6.45, 7) is -30.2. The van der Waals surface area contributed by atoms with Crippen LogP contribution < -0.4 is 103 Å². The van der Waals surface area contributed by atoms with Crippen LogP contribution in [0.1, 0.15) is 130 Å². The van der Waals surface area contributed by atoms with E-state index in [2.05, 4.69) is 54.8 Å². The lowest BCUT2D eigenvalue weighted by molar-refractivity contribution is -0.221. The van der Waals surface area contributed by atoms with Gasteiger partial charge in [0.1, 0.15) is 138 Å². The van der Waals surface area contributed by atoms with Gasteiger partial charge in [-0.2, -0.15) is 9.97 Å². The van der Waals surface area contributed by atoms with E-state index < -0.39 is 291 Å². The Balaban J connectivity index is 0.610. The number of ether oxygens (including phenoxy) is 7. The number of hydrogen-bond donors (Lipinski definition) is 8.